The number of nitrogens with one attached hydrogen (secondary N) is 2. The molecule has 1 atom stereocenters. The van der Waals surface area contributed by atoms with E-state index in [9.17, 15) is 14.4 Å². The summed E-state index contributed by atoms with van der Waals surface area (Å²) in [6.07, 6.45) is 10.8. The molecule has 0 aliphatic carbocycles. The fourth-order valence-electron chi connectivity index (χ4n) is 2.38. The van der Waals surface area contributed by atoms with Crippen molar-refractivity contribution < 1.29 is 14.4 Å². The summed E-state index contributed by atoms with van der Waals surface area (Å²) in [6, 6.07) is -0.547. The minimum Gasteiger partial charge on any atom is -0.344 e. The van der Waals surface area contributed by atoms with Gasteiger partial charge in [-0.1, -0.05) is 31.8 Å². The molecule has 0 unspecified atom stereocenters. The van der Waals surface area contributed by atoms with Crippen molar-refractivity contribution in [1.82, 2.24) is 10.6 Å². The zero-order chi connectivity index (χ0) is 15.5. The van der Waals surface area contributed by atoms with Gasteiger partial charge in [0.2, 0.25) is 17.7 Å². The molecule has 1 aliphatic heterocycles. The Labute approximate surface area is 126 Å². The van der Waals surface area contributed by atoms with E-state index in [1.54, 1.807) is 0 Å². The van der Waals surface area contributed by atoms with Gasteiger partial charge >= 0.3 is 0 Å². The SMILES string of the molecule is C=CCCCCCCCCC(=O)N[C@H]1CCC(=O)NC1=O. The normalized spacial score (nSPS) is 18.2. The monoisotopic (exact) mass is 294 g/mol. The van der Waals surface area contributed by atoms with Gasteiger partial charge < -0.3 is 5.32 Å². The molecule has 118 valence electrons. The Morgan fingerprint density at radius 2 is 1.86 bits per heavy atom. The molecule has 0 saturated carbocycles. The molecule has 3 amide bonds. The number of hydrogen-bond donors (Lipinski definition) is 2. The van der Waals surface area contributed by atoms with Gasteiger partial charge in [0.05, 0.1) is 0 Å². The fraction of sp³-hybridized carbons (Fsp3) is 0.688. The van der Waals surface area contributed by atoms with Crippen LogP contribution in [-0.4, -0.2) is 23.8 Å². The highest BCUT2D eigenvalue weighted by molar-refractivity contribution is 6.01. The third kappa shape index (κ3) is 7.63. The molecule has 0 aromatic carbocycles. The lowest BCUT2D eigenvalue weighted by Crippen LogP contribution is -2.52. The Kier molecular flexibility index (Phi) is 8.40. The molecular formula is C16H26N2O3. The Balaban J connectivity index is 2.02. The first kappa shape index (κ1) is 17.4. The average Bonchev–Trinajstić information content (AvgIpc) is 2.45. The van der Waals surface area contributed by atoms with Gasteiger partial charge in [0.1, 0.15) is 6.04 Å². The van der Waals surface area contributed by atoms with Crippen LogP contribution in [0.4, 0.5) is 0 Å². The number of amides is 3. The summed E-state index contributed by atoms with van der Waals surface area (Å²) in [5.74, 6) is -0.750. The second-order valence-electron chi connectivity index (χ2n) is 5.52. The standard InChI is InChI=1S/C16H26N2O3/c1-2-3-4-5-6-7-8-9-10-14(19)17-13-11-12-15(20)18-16(13)21/h2,13H,1,3-12H2,(H,17,19)(H,18,20,21)/t13-/m0/s1. The first-order valence-electron chi connectivity index (χ1n) is 7.87. The quantitative estimate of drug-likeness (QED) is 0.368. The summed E-state index contributed by atoms with van der Waals surface area (Å²) in [5.41, 5.74) is 0. The van der Waals surface area contributed by atoms with Crippen LogP contribution in [0.3, 0.4) is 0 Å². The van der Waals surface area contributed by atoms with Gasteiger partial charge in [-0.15, -0.1) is 6.58 Å². The minimum absolute atomic E-state index is 0.101. The van der Waals surface area contributed by atoms with Gasteiger partial charge in [0.15, 0.2) is 0 Å². The van der Waals surface area contributed by atoms with E-state index in [1.807, 2.05) is 6.08 Å². The van der Waals surface area contributed by atoms with Crippen LogP contribution in [-0.2, 0) is 14.4 Å². The number of allylic oxidation sites excluding steroid dienone is 1. The van der Waals surface area contributed by atoms with Crippen molar-refractivity contribution in [2.24, 2.45) is 0 Å². The van der Waals surface area contributed by atoms with Crippen LogP contribution in [0.25, 0.3) is 0 Å². The van der Waals surface area contributed by atoms with Crippen LogP contribution in [0.1, 0.15) is 64.2 Å². The molecule has 5 heteroatoms. The van der Waals surface area contributed by atoms with Crippen molar-refractivity contribution in [3.63, 3.8) is 0 Å². The average molecular weight is 294 g/mol. The summed E-state index contributed by atoms with van der Waals surface area (Å²) in [7, 11) is 0. The van der Waals surface area contributed by atoms with E-state index in [1.165, 1.54) is 19.3 Å². The minimum atomic E-state index is -0.547. The first-order chi connectivity index (χ1) is 10.1. The smallest absolute Gasteiger partial charge is 0.249 e. The van der Waals surface area contributed by atoms with Crippen molar-refractivity contribution in [2.45, 2.75) is 70.3 Å². The summed E-state index contributed by atoms with van der Waals surface area (Å²) in [5, 5.41) is 4.93. The number of unbranched alkanes of at least 4 members (excludes halogenated alkanes) is 6. The second-order valence-corrected chi connectivity index (χ2v) is 5.52. The molecule has 21 heavy (non-hydrogen) atoms. The van der Waals surface area contributed by atoms with Crippen molar-refractivity contribution in [3.05, 3.63) is 12.7 Å². The van der Waals surface area contributed by atoms with Crippen LogP contribution >= 0.6 is 0 Å². The third-order valence-electron chi connectivity index (χ3n) is 3.64. The summed E-state index contributed by atoms with van der Waals surface area (Å²) in [6.45, 7) is 3.69. The number of imide groups is 1. The van der Waals surface area contributed by atoms with E-state index in [2.05, 4.69) is 17.2 Å². The van der Waals surface area contributed by atoms with Crippen LogP contribution < -0.4 is 10.6 Å². The van der Waals surface area contributed by atoms with Crippen LogP contribution in [0.2, 0.25) is 0 Å². The third-order valence-corrected chi connectivity index (χ3v) is 3.64. The summed E-state index contributed by atoms with van der Waals surface area (Å²) in [4.78, 5) is 34.2. The molecule has 1 rings (SSSR count). The van der Waals surface area contributed by atoms with Gasteiger partial charge in [0, 0.05) is 12.8 Å². The number of carbonyl (C=O) groups excluding carboxylic acids is 3. The predicted molar refractivity (Wildman–Crippen MR) is 81.4 cm³/mol. The fourth-order valence-corrected chi connectivity index (χ4v) is 2.38. The molecule has 0 spiro atoms. The molecular weight excluding hydrogens is 268 g/mol. The maximum absolute atomic E-state index is 11.7. The molecule has 2 N–H and O–H groups in total. The molecule has 0 aromatic rings. The van der Waals surface area contributed by atoms with E-state index in [-0.39, 0.29) is 17.7 Å². The summed E-state index contributed by atoms with van der Waals surface area (Å²) >= 11 is 0. The lowest BCUT2D eigenvalue weighted by molar-refractivity contribution is -0.137. The Morgan fingerprint density at radius 1 is 1.19 bits per heavy atom. The molecule has 0 bridgehead atoms. The van der Waals surface area contributed by atoms with Crippen molar-refractivity contribution >= 4 is 17.7 Å². The van der Waals surface area contributed by atoms with E-state index in [0.29, 0.717) is 19.3 Å². The number of hydrogen-bond acceptors (Lipinski definition) is 3. The molecule has 0 aromatic heterocycles. The first-order valence-corrected chi connectivity index (χ1v) is 7.87. The van der Waals surface area contributed by atoms with Crippen molar-refractivity contribution in [1.29, 1.82) is 0 Å². The number of carbonyl (C=O) groups is 3. The lowest BCUT2D eigenvalue weighted by atomic mass is 10.1. The van der Waals surface area contributed by atoms with E-state index in [0.717, 1.165) is 25.7 Å². The van der Waals surface area contributed by atoms with Gasteiger partial charge in [0.25, 0.3) is 0 Å². The van der Waals surface area contributed by atoms with E-state index in [4.69, 9.17) is 0 Å². The van der Waals surface area contributed by atoms with Gasteiger partial charge in [-0.05, 0) is 25.7 Å². The van der Waals surface area contributed by atoms with Crippen LogP contribution in [0.15, 0.2) is 12.7 Å². The Morgan fingerprint density at radius 3 is 2.52 bits per heavy atom. The Bertz CT molecular complexity index is 380. The second kappa shape index (κ2) is 10.1. The molecule has 1 heterocycles. The van der Waals surface area contributed by atoms with Crippen LogP contribution in [0.5, 0.6) is 0 Å². The van der Waals surface area contributed by atoms with E-state index < -0.39 is 6.04 Å². The molecule has 1 saturated heterocycles. The predicted octanol–water partition coefficient (Wildman–Crippen LogP) is 2.21. The highest BCUT2D eigenvalue weighted by atomic mass is 16.2. The molecule has 5 nitrogen and oxygen atoms in total. The number of piperidine rings is 1. The highest BCUT2D eigenvalue weighted by Crippen LogP contribution is 2.09. The van der Waals surface area contributed by atoms with Gasteiger partial charge in [-0.25, -0.2) is 0 Å². The highest BCUT2D eigenvalue weighted by Gasteiger charge is 2.27. The van der Waals surface area contributed by atoms with Crippen molar-refractivity contribution in [2.75, 3.05) is 0 Å². The van der Waals surface area contributed by atoms with E-state index >= 15 is 0 Å². The van der Waals surface area contributed by atoms with Crippen molar-refractivity contribution in [3.8, 4) is 0 Å². The van der Waals surface area contributed by atoms with Crippen LogP contribution in [0, 0.1) is 0 Å². The largest absolute Gasteiger partial charge is 0.344 e. The number of rotatable bonds is 10. The summed E-state index contributed by atoms with van der Waals surface area (Å²) < 4.78 is 0. The Hall–Kier alpha value is -1.65. The maximum atomic E-state index is 11.7. The topological polar surface area (TPSA) is 75.3 Å². The maximum Gasteiger partial charge on any atom is 0.249 e. The molecule has 1 fully saturated rings. The molecule has 1 aliphatic rings. The zero-order valence-corrected chi connectivity index (χ0v) is 12.7. The van der Waals surface area contributed by atoms with Gasteiger partial charge in [-0.2, -0.15) is 0 Å². The van der Waals surface area contributed by atoms with Gasteiger partial charge in [-0.3, -0.25) is 19.7 Å². The molecule has 0 radical (unpaired) electrons. The lowest BCUT2D eigenvalue weighted by Gasteiger charge is -2.21. The zero-order valence-electron chi connectivity index (χ0n) is 12.7.